The van der Waals surface area contributed by atoms with Gasteiger partial charge in [0.1, 0.15) is 0 Å². The number of carbonyl (C=O) groups excluding carboxylic acids is 1. The van der Waals surface area contributed by atoms with Crippen LogP contribution in [0.25, 0.3) is 0 Å². The third-order valence-corrected chi connectivity index (χ3v) is 11.3. The second kappa shape index (κ2) is 10.6. The fourth-order valence-electron chi connectivity index (χ4n) is 2.95. The molecule has 0 saturated heterocycles. The minimum atomic E-state index is -1.84. The molecule has 0 aliphatic heterocycles. The Kier molecular flexibility index (Phi) is 11.4. The van der Waals surface area contributed by atoms with E-state index in [1.165, 1.54) is 0 Å². The lowest BCUT2D eigenvalue weighted by molar-refractivity contribution is -0.156. The summed E-state index contributed by atoms with van der Waals surface area (Å²) in [5, 5.41) is 0. The van der Waals surface area contributed by atoms with Gasteiger partial charge in [0, 0.05) is 6.10 Å². The van der Waals surface area contributed by atoms with Crippen molar-refractivity contribution < 1.29 is 14.0 Å². The highest BCUT2D eigenvalue weighted by atomic mass is 28.4. The highest BCUT2D eigenvalue weighted by Crippen LogP contribution is 2.39. The van der Waals surface area contributed by atoms with Gasteiger partial charge in [0.2, 0.25) is 0 Å². The zero-order valence-corrected chi connectivity index (χ0v) is 18.2. The lowest BCUT2D eigenvalue weighted by atomic mass is 9.81. The molecule has 0 saturated carbocycles. The van der Waals surface area contributed by atoms with E-state index in [1.54, 1.807) is 0 Å². The Morgan fingerprint density at radius 2 is 1.42 bits per heavy atom. The van der Waals surface area contributed by atoms with Gasteiger partial charge in [-0.2, -0.15) is 0 Å². The van der Waals surface area contributed by atoms with Gasteiger partial charge in [-0.05, 0) is 57.2 Å². The van der Waals surface area contributed by atoms with Crippen LogP contribution in [-0.4, -0.2) is 27.0 Å². The number of rotatable bonds is 10. The highest BCUT2D eigenvalue weighted by molar-refractivity contribution is 6.76. The Bertz CT molecular complexity index is 352. The molecule has 24 heavy (non-hydrogen) atoms. The van der Waals surface area contributed by atoms with E-state index >= 15 is 0 Å². The molecule has 0 heterocycles. The Morgan fingerprint density at radius 1 is 0.958 bits per heavy atom. The molecular formula is C20H44O3Si. The van der Waals surface area contributed by atoms with Crippen molar-refractivity contribution in [1.29, 1.82) is 0 Å². The molecule has 0 aliphatic carbocycles. The minimum absolute atomic E-state index is 0. The van der Waals surface area contributed by atoms with Crippen molar-refractivity contribution in [1.82, 2.24) is 0 Å². The van der Waals surface area contributed by atoms with Gasteiger partial charge >= 0.3 is 5.97 Å². The minimum Gasteiger partial charge on any atom is -0.465 e. The summed E-state index contributed by atoms with van der Waals surface area (Å²) in [5.74, 6) is 0.192. The van der Waals surface area contributed by atoms with Gasteiger partial charge in [0.05, 0.1) is 12.0 Å². The maximum Gasteiger partial charge on any atom is 0.311 e. The molecule has 0 rings (SSSR count). The van der Waals surface area contributed by atoms with E-state index in [1.807, 2.05) is 13.8 Å². The number of esters is 1. The van der Waals surface area contributed by atoms with E-state index in [2.05, 4.69) is 55.4 Å². The van der Waals surface area contributed by atoms with Crippen molar-refractivity contribution in [2.45, 2.75) is 106 Å². The van der Waals surface area contributed by atoms with Crippen LogP contribution in [0, 0.1) is 11.3 Å². The summed E-state index contributed by atoms with van der Waals surface area (Å²) in [6.45, 7) is 21.9. The first-order valence-electron chi connectivity index (χ1n) is 9.23. The van der Waals surface area contributed by atoms with Crippen molar-refractivity contribution in [3.63, 3.8) is 0 Å². The summed E-state index contributed by atoms with van der Waals surface area (Å²) < 4.78 is 12.0. The van der Waals surface area contributed by atoms with Crippen LogP contribution in [0.5, 0.6) is 0 Å². The molecule has 0 amide bonds. The second-order valence-corrected chi connectivity index (χ2v) is 13.5. The maximum atomic E-state index is 12.2. The van der Waals surface area contributed by atoms with Gasteiger partial charge in [-0.1, -0.05) is 49.0 Å². The molecule has 0 aromatic rings. The fraction of sp³-hybridized carbons (Fsp3) is 0.950. The topological polar surface area (TPSA) is 35.5 Å². The summed E-state index contributed by atoms with van der Waals surface area (Å²) in [6, 6.07) is 1.05. The summed E-state index contributed by atoms with van der Waals surface area (Å²) in [4.78, 5) is 12.2. The number of hydrogen-bond acceptors (Lipinski definition) is 3. The first-order valence-corrected chi connectivity index (χ1v) is 11.5. The number of ether oxygens (including phenoxy) is 1. The van der Waals surface area contributed by atoms with Crippen LogP contribution in [0.15, 0.2) is 0 Å². The van der Waals surface area contributed by atoms with Gasteiger partial charge in [-0.15, -0.1) is 0 Å². The predicted octanol–water partition coefficient (Wildman–Crippen LogP) is 6.43. The maximum absolute atomic E-state index is 12.2. The SMILES string of the molecule is C.CC(C)O[Si](CCCOC(=O)C(C)(C)C(C)C)(C(C)C)C(C)C. The Balaban J connectivity index is 0. The second-order valence-electron chi connectivity index (χ2n) is 8.55. The van der Waals surface area contributed by atoms with E-state index in [0.717, 1.165) is 12.5 Å². The Hall–Kier alpha value is -0.353. The third-order valence-electron chi connectivity index (χ3n) is 5.32. The van der Waals surface area contributed by atoms with E-state index in [9.17, 15) is 4.79 Å². The van der Waals surface area contributed by atoms with Crippen LogP contribution in [0.3, 0.4) is 0 Å². The summed E-state index contributed by atoms with van der Waals surface area (Å²) >= 11 is 0. The van der Waals surface area contributed by atoms with Gasteiger partial charge in [-0.25, -0.2) is 0 Å². The molecule has 4 heteroatoms. The van der Waals surface area contributed by atoms with Crippen molar-refractivity contribution in [2.75, 3.05) is 6.61 Å². The first kappa shape index (κ1) is 25.9. The summed E-state index contributed by atoms with van der Waals surface area (Å²) in [6.07, 6.45) is 1.16. The van der Waals surface area contributed by atoms with Crippen LogP contribution in [0.2, 0.25) is 17.1 Å². The third kappa shape index (κ3) is 6.87. The lowest BCUT2D eigenvalue weighted by Gasteiger charge is -2.40. The average molecular weight is 361 g/mol. The lowest BCUT2D eigenvalue weighted by Crippen LogP contribution is -2.46. The van der Waals surface area contributed by atoms with Crippen LogP contribution in [0.1, 0.15) is 83.1 Å². The molecule has 0 fully saturated rings. The van der Waals surface area contributed by atoms with Gasteiger partial charge < -0.3 is 9.16 Å². The van der Waals surface area contributed by atoms with Crippen molar-refractivity contribution in [2.24, 2.45) is 11.3 Å². The quantitative estimate of drug-likeness (QED) is 0.256. The van der Waals surface area contributed by atoms with Crippen molar-refractivity contribution >= 4 is 14.3 Å². The number of carbonyl (C=O) groups is 1. The highest BCUT2D eigenvalue weighted by Gasteiger charge is 2.42. The van der Waals surface area contributed by atoms with Crippen LogP contribution in [0.4, 0.5) is 0 Å². The predicted molar refractivity (Wildman–Crippen MR) is 108 cm³/mol. The van der Waals surface area contributed by atoms with E-state index in [0.29, 0.717) is 17.7 Å². The fourth-order valence-corrected chi connectivity index (χ4v) is 7.67. The first-order chi connectivity index (χ1) is 10.4. The van der Waals surface area contributed by atoms with Crippen LogP contribution < -0.4 is 0 Å². The molecule has 0 aromatic heterocycles. The Morgan fingerprint density at radius 3 is 1.75 bits per heavy atom. The van der Waals surface area contributed by atoms with Gasteiger partial charge in [0.25, 0.3) is 0 Å². The largest absolute Gasteiger partial charge is 0.465 e. The van der Waals surface area contributed by atoms with Gasteiger partial charge in [0.15, 0.2) is 8.32 Å². The van der Waals surface area contributed by atoms with E-state index in [-0.39, 0.29) is 25.4 Å². The van der Waals surface area contributed by atoms with Crippen LogP contribution >= 0.6 is 0 Å². The van der Waals surface area contributed by atoms with E-state index < -0.39 is 13.7 Å². The molecule has 0 unspecified atom stereocenters. The Labute approximate surface area is 153 Å². The summed E-state index contributed by atoms with van der Waals surface area (Å²) in [7, 11) is -1.84. The average Bonchev–Trinajstić information content (AvgIpc) is 2.40. The normalized spacial score (nSPS) is 12.9. The molecule has 146 valence electrons. The molecule has 0 aliphatic rings. The molecular weight excluding hydrogens is 316 g/mol. The molecule has 0 atom stereocenters. The molecule has 3 nitrogen and oxygen atoms in total. The smallest absolute Gasteiger partial charge is 0.311 e. The standard InChI is InChI=1S/C19H40O3Si.CH4/c1-14(2)19(9,10)18(20)21-12-11-13-23(16(5)6,17(7)8)22-15(3)4;/h14-17H,11-13H2,1-10H3;1H4. The zero-order chi connectivity index (χ0) is 18.4. The zero-order valence-electron chi connectivity index (χ0n) is 17.2. The van der Waals surface area contributed by atoms with Crippen LogP contribution in [-0.2, 0) is 14.0 Å². The molecule has 0 bridgehead atoms. The molecule has 0 N–H and O–H groups in total. The molecule has 0 radical (unpaired) electrons. The molecule has 0 aromatic carbocycles. The molecule has 0 spiro atoms. The van der Waals surface area contributed by atoms with Crippen molar-refractivity contribution in [3.05, 3.63) is 0 Å². The van der Waals surface area contributed by atoms with E-state index in [4.69, 9.17) is 9.16 Å². The number of hydrogen-bond donors (Lipinski definition) is 0. The van der Waals surface area contributed by atoms with Crippen molar-refractivity contribution in [3.8, 4) is 0 Å². The van der Waals surface area contributed by atoms with Gasteiger partial charge in [-0.3, -0.25) is 4.79 Å². The summed E-state index contributed by atoms with van der Waals surface area (Å²) in [5.41, 5.74) is 0.708. The monoisotopic (exact) mass is 360 g/mol.